The molecular weight excluding hydrogens is 464 g/mol. The number of hydrogen-bond donors (Lipinski definition) is 3. The lowest BCUT2D eigenvalue weighted by molar-refractivity contribution is -0.162. The molecule has 11 heteroatoms. The topological polar surface area (TPSA) is 98.5 Å². The second-order valence-electron chi connectivity index (χ2n) is 9.86. The van der Waals surface area contributed by atoms with Crippen LogP contribution in [0.1, 0.15) is 57.7 Å². The first-order valence-corrected chi connectivity index (χ1v) is 11.3. The predicted octanol–water partition coefficient (Wildman–Crippen LogP) is 5.46. The zero-order valence-corrected chi connectivity index (χ0v) is 19.5. The van der Waals surface area contributed by atoms with Crippen LogP contribution in [0, 0.1) is 23.1 Å². The number of alkyl halides is 3. The Kier molecular flexibility index (Phi) is 6.36. The van der Waals surface area contributed by atoms with Crippen LogP contribution in [0.3, 0.4) is 0 Å². The Morgan fingerprint density at radius 1 is 1.26 bits per heavy atom. The highest BCUT2D eigenvalue weighted by Crippen LogP contribution is 2.43. The van der Waals surface area contributed by atoms with Crippen molar-refractivity contribution in [3.05, 3.63) is 52.2 Å². The Labute approximate surface area is 199 Å². The fraction of sp³-hybridized carbons (Fsp3) is 0.458. The van der Waals surface area contributed by atoms with Gasteiger partial charge in [0.15, 0.2) is 5.82 Å². The number of benzene rings is 1. The Balaban J connectivity index is 1.71. The summed E-state index contributed by atoms with van der Waals surface area (Å²) in [5.41, 5.74) is -1.20. The number of hydrogen-bond acceptors (Lipinski definition) is 5. The molecule has 2 heterocycles. The number of fused-ring (bicyclic) bond motifs is 1. The van der Waals surface area contributed by atoms with Gasteiger partial charge < -0.3 is 10.3 Å². The van der Waals surface area contributed by atoms with Crippen molar-refractivity contribution in [2.75, 3.05) is 5.32 Å². The molecule has 3 N–H and O–H groups in total. The highest BCUT2D eigenvalue weighted by Gasteiger charge is 2.44. The maximum Gasteiger partial charge on any atom is 0.408 e. The molecule has 0 amide bonds. The zero-order valence-electron chi connectivity index (χ0n) is 19.5. The summed E-state index contributed by atoms with van der Waals surface area (Å²) >= 11 is 0. The lowest BCUT2D eigenvalue weighted by Crippen LogP contribution is -2.45. The Hall–Kier alpha value is -3.39. The third-order valence-electron chi connectivity index (χ3n) is 5.89. The summed E-state index contributed by atoms with van der Waals surface area (Å²) in [6, 6.07) is 4.78. The van der Waals surface area contributed by atoms with E-state index in [1.165, 1.54) is 12.3 Å². The second-order valence-corrected chi connectivity index (χ2v) is 9.86. The van der Waals surface area contributed by atoms with Crippen LogP contribution < -0.4 is 16.2 Å². The number of aromatic amines is 1. The first kappa shape index (κ1) is 24.7. The summed E-state index contributed by atoms with van der Waals surface area (Å²) < 4.78 is 57.6. The number of pyridine rings is 1. The summed E-state index contributed by atoms with van der Waals surface area (Å²) in [7, 11) is 0. The van der Waals surface area contributed by atoms with Gasteiger partial charge in [-0.3, -0.25) is 14.8 Å². The smallest absolute Gasteiger partial charge is 0.338 e. The molecule has 2 aromatic heterocycles. The SMILES string of the molecule is CC(C)(C)NC(c1ccc(Nc2nn([C@@H](CC#N)C3CC3)c3cc[nH]c(=O)c23)cc1F)C(F)(F)F. The maximum absolute atomic E-state index is 14.9. The van der Waals surface area contributed by atoms with Crippen molar-refractivity contribution in [1.29, 1.82) is 5.26 Å². The number of halogens is 4. The average molecular weight is 491 g/mol. The lowest BCUT2D eigenvalue weighted by atomic mass is 10.0. The molecule has 1 unspecified atom stereocenters. The van der Waals surface area contributed by atoms with Crippen molar-refractivity contribution >= 4 is 22.4 Å². The Morgan fingerprint density at radius 2 is 1.97 bits per heavy atom. The van der Waals surface area contributed by atoms with Gasteiger partial charge in [-0.05, 0) is 57.7 Å². The molecule has 1 aliphatic carbocycles. The molecule has 35 heavy (non-hydrogen) atoms. The Morgan fingerprint density at radius 3 is 2.54 bits per heavy atom. The minimum atomic E-state index is -4.70. The molecule has 1 aliphatic rings. The minimum absolute atomic E-state index is 0.137. The summed E-state index contributed by atoms with van der Waals surface area (Å²) in [4.78, 5) is 15.2. The van der Waals surface area contributed by atoms with Gasteiger partial charge in [-0.1, -0.05) is 6.07 Å². The number of nitriles is 1. The third kappa shape index (κ3) is 5.32. The number of anilines is 2. The number of nitrogens with one attached hydrogen (secondary N) is 3. The van der Waals surface area contributed by atoms with Gasteiger partial charge in [0.1, 0.15) is 17.2 Å². The van der Waals surface area contributed by atoms with E-state index >= 15 is 0 Å². The molecule has 4 rings (SSSR count). The Bertz CT molecular complexity index is 1330. The number of nitrogens with zero attached hydrogens (tertiary/aromatic N) is 3. The number of aromatic nitrogens is 3. The first-order chi connectivity index (χ1) is 16.4. The molecule has 1 saturated carbocycles. The monoisotopic (exact) mass is 490 g/mol. The highest BCUT2D eigenvalue weighted by molar-refractivity contribution is 5.91. The number of H-pyrrole nitrogens is 1. The first-order valence-electron chi connectivity index (χ1n) is 11.3. The maximum atomic E-state index is 14.9. The van der Waals surface area contributed by atoms with E-state index in [4.69, 9.17) is 0 Å². The van der Waals surface area contributed by atoms with E-state index in [1.807, 2.05) is 0 Å². The van der Waals surface area contributed by atoms with E-state index in [-0.39, 0.29) is 35.3 Å². The fourth-order valence-electron chi connectivity index (χ4n) is 4.21. The normalized spacial score (nSPS) is 16.2. The van der Waals surface area contributed by atoms with E-state index in [0.717, 1.165) is 25.0 Å². The van der Waals surface area contributed by atoms with E-state index in [2.05, 4.69) is 26.8 Å². The molecule has 1 aromatic carbocycles. The van der Waals surface area contributed by atoms with Crippen LogP contribution in [0.25, 0.3) is 10.9 Å². The van der Waals surface area contributed by atoms with Gasteiger partial charge in [-0.25, -0.2) is 4.39 Å². The molecule has 0 spiro atoms. The van der Waals surface area contributed by atoms with Crippen LogP contribution in [0.15, 0.2) is 35.3 Å². The standard InChI is InChI=1S/C24H26F4N6O/c1-23(2,3)32-20(24(26,27)28)15-7-6-14(12-16(15)25)31-21-19-18(9-11-30-22(19)35)34(33-21)17(8-10-29)13-4-5-13/h6-7,9,11-13,17,20,32H,4-5,8H2,1-3H3,(H,30,35)(H,31,33)/t17-,20?/m0/s1. The van der Waals surface area contributed by atoms with Crippen LogP contribution in [0.4, 0.5) is 29.1 Å². The molecule has 7 nitrogen and oxygen atoms in total. The molecule has 0 bridgehead atoms. The molecule has 0 aliphatic heterocycles. The molecule has 2 atom stereocenters. The van der Waals surface area contributed by atoms with E-state index in [1.54, 1.807) is 31.5 Å². The fourth-order valence-corrected chi connectivity index (χ4v) is 4.21. The summed E-state index contributed by atoms with van der Waals surface area (Å²) in [6.45, 7) is 4.71. The molecule has 0 radical (unpaired) electrons. The van der Waals surface area contributed by atoms with Gasteiger partial charge in [0, 0.05) is 23.0 Å². The summed E-state index contributed by atoms with van der Waals surface area (Å²) in [5, 5.41) is 19.3. The van der Waals surface area contributed by atoms with Gasteiger partial charge in [0.25, 0.3) is 5.56 Å². The quantitative estimate of drug-likeness (QED) is 0.382. The molecule has 3 aromatic rings. The molecule has 1 fully saturated rings. The van der Waals surface area contributed by atoms with E-state index in [9.17, 15) is 27.6 Å². The van der Waals surface area contributed by atoms with Crippen molar-refractivity contribution in [2.24, 2.45) is 5.92 Å². The number of rotatable bonds is 7. The van der Waals surface area contributed by atoms with Crippen LogP contribution in [-0.2, 0) is 0 Å². The van der Waals surface area contributed by atoms with Gasteiger partial charge in [0.05, 0.1) is 24.0 Å². The van der Waals surface area contributed by atoms with Crippen molar-refractivity contribution in [3.8, 4) is 6.07 Å². The van der Waals surface area contributed by atoms with Crippen LogP contribution in [-0.4, -0.2) is 26.5 Å². The van der Waals surface area contributed by atoms with Gasteiger partial charge in [0.2, 0.25) is 0 Å². The average Bonchev–Trinajstić information content (AvgIpc) is 3.52. The highest BCUT2D eigenvalue weighted by atomic mass is 19.4. The van der Waals surface area contributed by atoms with Gasteiger partial charge in [-0.2, -0.15) is 23.5 Å². The van der Waals surface area contributed by atoms with Crippen molar-refractivity contribution < 1.29 is 17.6 Å². The van der Waals surface area contributed by atoms with Crippen molar-refractivity contribution in [1.82, 2.24) is 20.1 Å². The third-order valence-corrected chi connectivity index (χ3v) is 5.89. The zero-order chi connectivity index (χ0) is 25.5. The molecular formula is C24H26F4N6O. The summed E-state index contributed by atoms with van der Waals surface area (Å²) in [5.74, 6) is -0.638. The van der Waals surface area contributed by atoms with E-state index in [0.29, 0.717) is 5.52 Å². The van der Waals surface area contributed by atoms with Crippen LogP contribution in [0.2, 0.25) is 0 Å². The van der Waals surface area contributed by atoms with E-state index < -0.39 is 34.7 Å². The molecule has 0 saturated heterocycles. The minimum Gasteiger partial charge on any atom is -0.338 e. The lowest BCUT2D eigenvalue weighted by Gasteiger charge is -2.30. The van der Waals surface area contributed by atoms with Crippen molar-refractivity contribution in [3.63, 3.8) is 0 Å². The largest absolute Gasteiger partial charge is 0.408 e. The molecule has 186 valence electrons. The summed E-state index contributed by atoms with van der Waals surface area (Å²) in [6.07, 6.45) is -1.10. The second kappa shape index (κ2) is 9.00. The van der Waals surface area contributed by atoms with Gasteiger partial charge >= 0.3 is 6.18 Å². The van der Waals surface area contributed by atoms with Crippen LogP contribution >= 0.6 is 0 Å². The van der Waals surface area contributed by atoms with Crippen LogP contribution in [0.5, 0.6) is 0 Å². The van der Waals surface area contributed by atoms with Gasteiger partial charge in [-0.15, -0.1) is 0 Å². The predicted molar refractivity (Wildman–Crippen MR) is 124 cm³/mol. The van der Waals surface area contributed by atoms with Crippen molar-refractivity contribution in [2.45, 2.75) is 63.8 Å².